The van der Waals surface area contributed by atoms with Crippen molar-refractivity contribution in [3.63, 3.8) is 0 Å². The van der Waals surface area contributed by atoms with E-state index in [2.05, 4.69) is 16.3 Å². The van der Waals surface area contributed by atoms with Crippen molar-refractivity contribution in [2.45, 2.75) is 45.1 Å². The highest BCUT2D eigenvalue weighted by molar-refractivity contribution is 5.71. The number of nitrogens with one attached hydrogen (secondary N) is 3. The van der Waals surface area contributed by atoms with E-state index in [1.54, 1.807) is 32.2 Å². The van der Waals surface area contributed by atoms with Gasteiger partial charge in [0.05, 0.1) is 17.0 Å². The van der Waals surface area contributed by atoms with Gasteiger partial charge in [-0.15, -0.1) is 5.59 Å². The fraction of sp³-hybridized carbons (Fsp3) is 0.450. The molecule has 4 N–H and O–H groups in total. The third kappa shape index (κ3) is 4.52. The molecule has 8 heteroatoms. The summed E-state index contributed by atoms with van der Waals surface area (Å²) in [6.07, 6.45) is 3.30. The van der Waals surface area contributed by atoms with Crippen molar-refractivity contribution in [1.29, 1.82) is 0 Å². The second-order valence-corrected chi connectivity index (χ2v) is 7.40. The Labute approximate surface area is 163 Å². The highest BCUT2D eigenvalue weighted by Crippen LogP contribution is 2.42. The molecule has 0 atom stereocenters. The SMILES string of the molecule is Cc1ccc(Nc2c(NNOC3(CCCO)CC3)cc(C)c(=O)n2C)c(F)c1. The Kier molecular flexibility index (Phi) is 6.02. The standard InChI is InChI=1S/C20H27FN4O3/c1-13-5-6-16(15(21)11-13)22-18-17(12-14(2)19(27)25(18)3)23-24-28-20(8-9-20)7-4-10-26/h5-6,11-12,22-24,26H,4,7-10H2,1-3H3. The van der Waals surface area contributed by atoms with Crippen LogP contribution in [0.3, 0.4) is 0 Å². The average molecular weight is 390 g/mol. The summed E-state index contributed by atoms with van der Waals surface area (Å²) in [6, 6.07) is 6.54. The maximum absolute atomic E-state index is 14.3. The number of hydrazine groups is 1. The highest BCUT2D eigenvalue weighted by atomic mass is 19.1. The number of halogens is 1. The lowest BCUT2D eigenvalue weighted by Crippen LogP contribution is -2.32. The molecule has 1 aromatic carbocycles. The Bertz CT molecular complexity index is 909. The van der Waals surface area contributed by atoms with E-state index in [4.69, 9.17) is 9.94 Å². The highest BCUT2D eigenvalue weighted by Gasteiger charge is 2.44. The van der Waals surface area contributed by atoms with Crippen molar-refractivity contribution in [2.75, 3.05) is 17.3 Å². The first-order valence-corrected chi connectivity index (χ1v) is 9.39. The number of rotatable bonds is 9. The molecule has 152 valence electrons. The summed E-state index contributed by atoms with van der Waals surface area (Å²) in [6.45, 7) is 3.66. The van der Waals surface area contributed by atoms with Crippen LogP contribution in [0.4, 0.5) is 21.6 Å². The molecule has 0 unspecified atom stereocenters. The van der Waals surface area contributed by atoms with Crippen molar-refractivity contribution >= 4 is 17.2 Å². The van der Waals surface area contributed by atoms with Crippen LogP contribution in [0, 0.1) is 19.7 Å². The van der Waals surface area contributed by atoms with Crippen LogP contribution in [0.1, 0.15) is 36.8 Å². The van der Waals surface area contributed by atoms with E-state index >= 15 is 0 Å². The predicted molar refractivity (Wildman–Crippen MR) is 107 cm³/mol. The smallest absolute Gasteiger partial charge is 0.254 e. The van der Waals surface area contributed by atoms with Crippen LogP contribution in [0.25, 0.3) is 0 Å². The summed E-state index contributed by atoms with van der Waals surface area (Å²) in [7, 11) is 1.62. The second-order valence-electron chi connectivity index (χ2n) is 7.40. The minimum Gasteiger partial charge on any atom is -0.396 e. The third-order valence-electron chi connectivity index (χ3n) is 5.02. The molecular weight excluding hydrogens is 363 g/mol. The molecule has 1 saturated carbocycles. The van der Waals surface area contributed by atoms with E-state index in [9.17, 15) is 9.18 Å². The Morgan fingerprint density at radius 3 is 2.64 bits per heavy atom. The molecule has 7 nitrogen and oxygen atoms in total. The first-order valence-electron chi connectivity index (χ1n) is 9.39. The van der Waals surface area contributed by atoms with Crippen molar-refractivity contribution in [3.05, 3.63) is 51.6 Å². The number of nitrogens with zero attached hydrogens (tertiary/aromatic N) is 1. The summed E-state index contributed by atoms with van der Waals surface area (Å²) >= 11 is 0. The summed E-state index contributed by atoms with van der Waals surface area (Å²) in [5, 5.41) is 12.0. The first kappa shape index (κ1) is 20.3. The Morgan fingerprint density at radius 2 is 2.00 bits per heavy atom. The number of pyridine rings is 1. The number of benzene rings is 1. The largest absolute Gasteiger partial charge is 0.396 e. The zero-order valence-corrected chi connectivity index (χ0v) is 16.4. The lowest BCUT2D eigenvalue weighted by atomic mass is 10.2. The van der Waals surface area contributed by atoms with Gasteiger partial charge in [-0.25, -0.2) is 4.39 Å². The molecule has 0 radical (unpaired) electrons. The molecule has 1 aromatic heterocycles. The van der Waals surface area contributed by atoms with Crippen molar-refractivity contribution < 1.29 is 14.3 Å². The van der Waals surface area contributed by atoms with Crippen LogP contribution in [-0.2, 0) is 11.9 Å². The average Bonchev–Trinajstić information content (AvgIpc) is 3.43. The number of hydrogen-bond acceptors (Lipinski definition) is 6. The normalized spacial score (nSPS) is 14.8. The molecular formula is C20H27FN4O3. The van der Waals surface area contributed by atoms with Gasteiger partial charge in [-0.1, -0.05) is 6.07 Å². The van der Waals surface area contributed by atoms with Gasteiger partial charge in [0, 0.05) is 19.2 Å². The number of aliphatic hydroxyl groups is 1. The van der Waals surface area contributed by atoms with Gasteiger partial charge in [0.2, 0.25) is 0 Å². The molecule has 0 spiro atoms. The fourth-order valence-corrected chi connectivity index (χ4v) is 3.12. The van der Waals surface area contributed by atoms with Crippen LogP contribution >= 0.6 is 0 Å². The quantitative estimate of drug-likeness (QED) is 0.493. The molecule has 1 fully saturated rings. The van der Waals surface area contributed by atoms with Crippen LogP contribution in [0.5, 0.6) is 0 Å². The molecule has 1 aliphatic carbocycles. The van der Waals surface area contributed by atoms with E-state index in [1.165, 1.54) is 10.6 Å². The van der Waals surface area contributed by atoms with Crippen LogP contribution in [-0.4, -0.2) is 21.9 Å². The summed E-state index contributed by atoms with van der Waals surface area (Å²) in [4.78, 5) is 18.1. The number of aliphatic hydroxyl groups excluding tert-OH is 1. The van der Waals surface area contributed by atoms with E-state index in [0.29, 0.717) is 23.5 Å². The zero-order chi connectivity index (χ0) is 20.3. The monoisotopic (exact) mass is 390 g/mol. The third-order valence-corrected chi connectivity index (χ3v) is 5.02. The molecule has 0 aliphatic heterocycles. The lowest BCUT2D eigenvalue weighted by molar-refractivity contribution is -0.0385. The molecule has 0 saturated heterocycles. The van der Waals surface area contributed by atoms with Crippen LogP contribution in [0.2, 0.25) is 0 Å². The fourth-order valence-electron chi connectivity index (χ4n) is 3.12. The molecule has 28 heavy (non-hydrogen) atoms. The minimum atomic E-state index is -0.399. The summed E-state index contributed by atoms with van der Waals surface area (Å²) < 4.78 is 15.7. The van der Waals surface area contributed by atoms with Gasteiger partial charge >= 0.3 is 0 Å². The number of hydrogen-bond donors (Lipinski definition) is 4. The van der Waals surface area contributed by atoms with E-state index in [1.807, 2.05) is 6.92 Å². The maximum Gasteiger partial charge on any atom is 0.254 e. The van der Waals surface area contributed by atoms with Gasteiger partial charge in [0.1, 0.15) is 11.6 Å². The van der Waals surface area contributed by atoms with Gasteiger partial charge in [0.25, 0.3) is 5.56 Å². The molecule has 1 heterocycles. The maximum atomic E-state index is 14.3. The number of aromatic nitrogens is 1. The molecule has 0 bridgehead atoms. The van der Waals surface area contributed by atoms with Crippen molar-refractivity contribution in [3.8, 4) is 0 Å². The molecule has 0 amide bonds. The Hall–Kier alpha value is -2.42. The first-order chi connectivity index (χ1) is 13.3. The molecule has 2 aromatic rings. The minimum absolute atomic E-state index is 0.134. The Morgan fingerprint density at radius 1 is 1.25 bits per heavy atom. The topological polar surface area (TPSA) is 87.6 Å². The summed E-state index contributed by atoms with van der Waals surface area (Å²) in [5.74, 6) is 0.0128. The van der Waals surface area contributed by atoms with E-state index < -0.39 is 5.82 Å². The number of aryl methyl sites for hydroxylation is 2. The number of anilines is 3. The van der Waals surface area contributed by atoms with Crippen molar-refractivity contribution in [2.24, 2.45) is 7.05 Å². The Balaban J connectivity index is 1.79. The van der Waals surface area contributed by atoms with Gasteiger partial charge in [0.15, 0.2) is 0 Å². The van der Waals surface area contributed by atoms with Crippen LogP contribution in [0.15, 0.2) is 29.1 Å². The van der Waals surface area contributed by atoms with Crippen molar-refractivity contribution in [1.82, 2.24) is 10.2 Å². The van der Waals surface area contributed by atoms with Gasteiger partial charge in [-0.05, 0) is 63.3 Å². The second kappa shape index (κ2) is 8.30. The summed E-state index contributed by atoms with van der Waals surface area (Å²) in [5.41, 5.74) is 7.47. The van der Waals surface area contributed by atoms with Crippen LogP contribution < -0.4 is 21.9 Å². The van der Waals surface area contributed by atoms with E-state index in [-0.39, 0.29) is 23.5 Å². The zero-order valence-electron chi connectivity index (χ0n) is 16.4. The molecule has 3 rings (SSSR count). The van der Waals surface area contributed by atoms with Gasteiger partial charge in [-0.2, -0.15) is 0 Å². The van der Waals surface area contributed by atoms with Gasteiger partial charge in [-0.3, -0.25) is 19.6 Å². The van der Waals surface area contributed by atoms with Gasteiger partial charge < -0.3 is 10.4 Å². The van der Waals surface area contributed by atoms with E-state index in [0.717, 1.165) is 24.8 Å². The predicted octanol–water partition coefficient (Wildman–Crippen LogP) is 3.04. The lowest BCUT2D eigenvalue weighted by Gasteiger charge is -2.21. The molecule has 1 aliphatic rings.